The summed E-state index contributed by atoms with van der Waals surface area (Å²) < 4.78 is 0. The molecular formula is C50H79N17O9. The summed E-state index contributed by atoms with van der Waals surface area (Å²) in [7, 11) is 0. The first-order valence-electron chi connectivity index (χ1n) is 25.7. The number of aromatic nitrogens is 1. The molecule has 2 unspecified atom stereocenters. The molecule has 3 aromatic rings. The van der Waals surface area contributed by atoms with Crippen molar-refractivity contribution in [3.8, 4) is 0 Å². The number of aliphatic hydroxyl groups excluding tert-OH is 2. The van der Waals surface area contributed by atoms with E-state index in [9.17, 15) is 43.8 Å². The number of hydrogen-bond donors (Lipinski definition) is 19. The number of hydrogen-bond acceptors (Lipinski definition) is 14. The Morgan fingerprint density at radius 1 is 0.763 bits per heavy atom. The fourth-order valence-electron chi connectivity index (χ4n) is 8.75. The van der Waals surface area contributed by atoms with Gasteiger partial charge >= 0.3 is 0 Å². The van der Waals surface area contributed by atoms with Crippen LogP contribution in [-0.2, 0) is 46.4 Å². The van der Waals surface area contributed by atoms with Crippen molar-refractivity contribution in [1.82, 2.24) is 58.2 Å². The first-order chi connectivity index (χ1) is 36.3. The Bertz CT molecular complexity index is 2390. The Hall–Kier alpha value is -7.39. The zero-order valence-electron chi connectivity index (χ0n) is 43.1. The summed E-state index contributed by atoms with van der Waals surface area (Å²) in [6, 6.07) is 7.47. The zero-order valence-corrected chi connectivity index (χ0v) is 43.1. The third kappa shape index (κ3) is 21.5. The lowest BCUT2D eigenvalue weighted by Gasteiger charge is -2.32. The van der Waals surface area contributed by atoms with Crippen LogP contribution in [0.1, 0.15) is 88.7 Å². The topological polar surface area (TPSA) is 448 Å². The number of carbonyl (C=O) groups is 7. The van der Waals surface area contributed by atoms with Gasteiger partial charge in [0.05, 0.1) is 30.6 Å². The molecule has 0 radical (unpaired) electrons. The number of unbranched alkanes of at least 4 members (excludes halogenated alkanes) is 1. The van der Waals surface area contributed by atoms with E-state index in [1.54, 1.807) is 36.5 Å². The number of aromatic amines is 1. The van der Waals surface area contributed by atoms with Gasteiger partial charge in [0.25, 0.3) is 0 Å². The number of nitrogens with two attached hydrogens (primary N) is 4. The second kappa shape index (κ2) is 32.1. The molecular weight excluding hydrogens is 983 g/mol. The van der Waals surface area contributed by atoms with E-state index in [0.29, 0.717) is 30.4 Å². The van der Waals surface area contributed by atoms with Gasteiger partial charge in [-0.15, -0.1) is 0 Å². The van der Waals surface area contributed by atoms with Gasteiger partial charge in [0, 0.05) is 50.1 Å². The fourth-order valence-corrected chi connectivity index (χ4v) is 8.75. The minimum absolute atomic E-state index is 0.0212. The highest BCUT2D eigenvalue weighted by Crippen LogP contribution is 2.20. The number of H-pyrrole nitrogens is 1. The molecule has 23 N–H and O–H groups in total. The highest BCUT2D eigenvalue weighted by molar-refractivity contribution is 5.95. The number of rotatable bonds is 21. The van der Waals surface area contributed by atoms with Gasteiger partial charge in [-0.05, 0) is 87.9 Å². The monoisotopic (exact) mass is 1060 g/mol. The number of guanidine groups is 2. The minimum atomic E-state index is -1.66. The molecule has 76 heavy (non-hydrogen) atoms. The molecule has 2 aromatic carbocycles. The third-order valence-electron chi connectivity index (χ3n) is 12.8. The van der Waals surface area contributed by atoms with Gasteiger partial charge in [-0.25, -0.2) is 0 Å². The molecule has 9 atom stereocenters. The van der Waals surface area contributed by atoms with Crippen molar-refractivity contribution in [3.05, 3.63) is 71.9 Å². The van der Waals surface area contributed by atoms with Crippen LogP contribution in [0.5, 0.6) is 0 Å². The van der Waals surface area contributed by atoms with E-state index in [0.717, 1.165) is 10.9 Å². The maximum absolute atomic E-state index is 14.7. The van der Waals surface area contributed by atoms with E-state index in [1.807, 2.05) is 24.3 Å². The largest absolute Gasteiger partial charge is 0.376 e. The van der Waals surface area contributed by atoms with Gasteiger partial charge in [-0.1, -0.05) is 55.0 Å². The molecule has 0 saturated carbocycles. The highest BCUT2D eigenvalue weighted by Gasteiger charge is 2.35. The Labute approximate surface area is 441 Å². The molecule has 1 saturated heterocycles. The molecule has 1 aromatic heterocycles. The Kier molecular flexibility index (Phi) is 25.9. The van der Waals surface area contributed by atoms with Crippen molar-refractivity contribution >= 4 is 64.2 Å². The molecule has 7 amide bonds. The van der Waals surface area contributed by atoms with Gasteiger partial charge in [-0.3, -0.25) is 55.0 Å². The molecule has 0 aliphatic carbocycles. The summed E-state index contributed by atoms with van der Waals surface area (Å²) in [6.07, 6.45) is 0.109. The van der Waals surface area contributed by atoms with Gasteiger partial charge in [-0.2, -0.15) is 0 Å². The van der Waals surface area contributed by atoms with Crippen molar-refractivity contribution in [2.24, 2.45) is 22.9 Å². The first-order valence-corrected chi connectivity index (χ1v) is 25.7. The predicted octanol–water partition coefficient (Wildman–Crippen LogP) is -3.22. The van der Waals surface area contributed by atoms with Crippen molar-refractivity contribution < 1.29 is 43.8 Å². The summed E-state index contributed by atoms with van der Waals surface area (Å²) in [5.41, 5.74) is 24.7. The number of amides is 7. The predicted molar refractivity (Wildman–Crippen MR) is 285 cm³/mol. The van der Waals surface area contributed by atoms with E-state index < -0.39 is 103 Å². The van der Waals surface area contributed by atoms with Crippen LogP contribution >= 0.6 is 0 Å². The number of nitrogens with one attached hydrogen (secondary N) is 13. The van der Waals surface area contributed by atoms with Crippen molar-refractivity contribution in [2.75, 3.05) is 26.2 Å². The standard InChI is InChI=1S/C50H79N17O9/c1-29(68)61-35(19-11-23-58-49(53)54)43(71)67-40-27-41(69)57-22-10-8-17-34(42(52)70)62-47(75)39(26-31-28-60-33-16-6-5-15-32(31)33)66-45(73)37(20-12-24-59-50(55)56)64-46(74)38(25-30-13-3-2-4-14-30)65-44(72)36(63-48(40)76)18-7-9-21-51/h2-6,13-16,28,34-40,43-44,60,65,67,71-72H,7-12,17-27,51H2,1H3,(H2,52,70)(H,57,69)(H,61,68)(H,62,75)(H,63,76)(H,64,74)(H,66,73)(H4,53,54,58)(H4,55,56,59)/t34-,35-,36-,37-,38+,39-,40-,43?,44?/m0/s1. The zero-order chi connectivity index (χ0) is 55.6. The number of primary amides is 1. The van der Waals surface area contributed by atoms with Crippen LogP contribution in [0.3, 0.4) is 0 Å². The second-order valence-electron chi connectivity index (χ2n) is 18.9. The first kappa shape index (κ1) is 61.2. The van der Waals surface area contributed by atoms with Crippen LogP contribution < -0.4 is 76.1 Å². The number of para-hydroxylation sites is 1. The SMILES string of the molecule is CC(=O)N[C@@H](CCCNC(=N)N)C(O)N[C@H]1CC(=O)NCCCC[C@@H](C(N)=O)NC(=O)[C@H](Cc2c[nH]c3ccccc23)NC(=O)[C@H](CCCNC(=N)N)NC(=O)[C@@H](Cc2ccccc2)NC(O)[C@H](CCCCN)NC1=O. The number of aliphatic hydroxyl groups is 2. The average Bonchev–Trinajstić information content (AvgIpc) is 3.78. The molecule has 1 aliphatic rings. The van der Waals surface area contributed by atoms with Crippen LogP contribution in [-0.4, -0.2) is 149 Å². The Morgan fingerprint density at radius 3 is 2.11 bits per heavy atom. The van der Waals surface area contributed by atoms with E-state index in [4.69, 9.17) is 33.8 Å². The molecule has 4 rings (SSSR count). The molecule has 0 spiro atoms. The molecule has 2 heterocycles. The normalized spacial score (nSPS) is 22.6. The lowest BCUT2D eigenvalue weighted by molar-refractivity contribution is -0.134. The maximum Gasteiger partial charge on any atom is 0.243 e. The van der Waals surface area contributed by atoms with Crippen molar-refractivity contribution in [3.63, 3.8) is 0 Å². The molecule has 418 valence electrons. The summed E-state index contributed by atoms with van der Waals surface area (Å²) >= 11 is 0. The Balaban J connectivity index is 1.77. The van der Waals surface area contributed by atoms with Crippen molar-refractivity contribution in [2.45, 2.75) is 145 Å². The number of benzene rings is 2. The molecule has 26 nitrogen and oxygen atoms in total. The molecule has 0 bridgehead atoms. The summed E-state index contributed by atoms with van der Waals surface area (Å²) in [5, 5.41) is 67.0. The van der Waals surface area contributed by atoms with Crippen LogP contribution in [0.25, 0.3) is 10.9 Å². The van der Waals surface area contributed by atoms with E-state index >= 15 is 0 Å². The van der Waals surface area contributed by atoms with Gasteiger partial charge in [0.2, 0.25) is 41.4 Å². The highest BCUT2D eigenvalue weighted by atomic mass is 16.3. The second-order valence-corrected chi connectivity index (χ2v) is 18.9. The van der Waals surface area contributed by atoms with Crippen LogP contribution in [0.4, 0.5) is 0 Å². The minimum Gasteiger partial charge on any atom is -0.376 e. The van der Waals surface area contributed by atoms with E-state index in [2.05, 4.69) is 58.2 Å². The third-order valence-corrected chi connectivity index (χ3v) is 12.8. The van der Waals surface area contributed by atoms with Gasteiger partial charge in [0.15, 0.2) is 11.9 Å². The summed E-state index contributed by atoms with van der Waals surface area (Å²) in [5.74, 6) is -5.63. The molecule has 26 heteroatoms. The van der Waals surface area contributed by atoms with Crippen LogP contribution in [0.2, 0.25) is 0 Å². The smallest absolute Gasteiger partial charge is 0.243 e. The number of fused-ring (bicyclic) bond motifs is 1. The lowest BCUT2D eigenvalue weighted by Crippen LogP contribution is -2.62. The Morgan fingerprint density at radius 2 is 1.42 bits per heavy atom. The van der Waals surface area contributed by atoms with Crippen LogP contribution in [0, 0.1) is 10.8 Å². The lowest BCUT2D eigenvalue weighted by atomic mass is 10.0. The van der Waals surface area contributed by atoms with Gasteiger partial charge < -0.3 is 80.7 Å². The summed E-state index contributed by atoms with van der Waals surface area (Å²) in [4.78, 5) is 100. The van der Waals surface area contributed by atoms with E-state index in [-0.39, 0.29) is 95.9 Å². The van der Waals surface area contributed by atoms with Crippen molar-refractivity contribution in [1.29, 1.82) is 10.8 Å². The summed E-state index contributed by atoms with van der Waals surface area (Å²) in [6.45, 7) is 1.96. The molecule has 1 aliphatic heterocycles. The quantitative estimate of drug-likeness (QED) is 0.0216. The van der Waals surface area contributed by atoms with E-state index in [1.165, 1.54) is 6.92 Å². The number of carbonyl (C=O) groups excluding carboxylic acids is 7. The van der Waals surface area contributed by atoms with Crippen LogP contribution in [0.15, 0.2) is 60.8 Å². The maximum atomic E-state index is 14.7. The average molecular weight is 1060 g/mol. The molecule has 1 fully saturated rings. The fraction of sp³-hybridized carbons (Fsp3) is 0.540. The van der Waals surface area contributed by atoms with Gasteiger partial charge in [0.1, 0.15) is 30.6 Å².